The second-order valence-electron chi connectivity index (χ2n) is 4.06. The van der Waals surface area contributed by atoms with Gasteiger partial charge in [-0.2, -0.15) is 0 Å². The molecule has 1 aliphatic rings. The molecule has 1 fully saturated rings. The van der Waals surface area contributed by atoms with Crippen LogP contribution in [0.4, 0.5) is 0 Å². The Morgan fingerprint density at radius 1 is 1.23 bits per heavy atom. The van der Waals surface area contributed by atoms with Crippen molar-refractivity contribution in [3.63, 3.8) is 0 Å². The average molecular weight is 184 g/mol. The normalized spacial score (nSPS) is 19.6. The maximum atomic E-state index is 3.34. The monoisotopic (exact) mass is 184 g/mol. The van der Waals surface area contributed by atoms with Gasteiger partial charge in [0.1, 0.15) is 0 Å². The zero-order chi connectivity index (χ0) is 9.52. The summed E-state index contributed by atoms with van der Waals surface area (Å²) in [6.45, 7) is 3.48. The largest absolute Gasteiger partial charge is 0.258 e. The molecular weight excluding hydrogens is 160 g/mol. The van der Waals surface area contributed by atoms with Crippen molar-refractivity contribution in [2.75, 3.05) is 13.6 Å². The molecule has 0 aromatic rings. The van der Waals surface area contributed by atoms with E-state index in [1.54, 1.807) is 0 Å². The van der Waals surface area contributed by atoms with Crippen LogP contribution in [0.3, 0.4) is 0 Å². The van der Waals surface area contributed by atoms with Crippen LogP contribution in [-0.2, 0) is 0 Å². The number of hydrazine groups is 1. The Hall–Kier alpha value is -0.0800. The van der Waals surface area contributed by atoms with Crippen molar-refractivity contribution in [2.45, 2.75) is 57.9 Å². The number of rotatable bonds is 5. The van der Waals surface area contributed by atoms with E-state index in [1.807, 2.05) is 0 Å². The van der Waals surface area contributed by atoms with Gasteiger partial charge in [-0.15, -0.1) is 0 Å². The quantitative estimate of drug-likeness (QED) is 0.661. The number of nitrogens with one attached hydrogen (secondary N) is 1. The Labute approximate surface area is 82.7 Å². The fraction of sp³-hybridized carbons (Fsp3) is 1.00. The summed E-state index contributed by atoms with van der Waals surface area (Å²) < 4.78 is 0. The van der Waals surface area contributed by atoms with E-state index in [0.29, 0.717) is 0 Å². The smallest absolute Gasteiger partial charge is 0.0243 e. The highest BCUT2D eigenvalue weighted by Gasteiger charge is 2.18. The summed E-state index contributed by atoms with van der Waals surface area (Å²) in [5.41, 5.74) is 3.34. The van der Waals surface area contributed by atoms with E-state index in [4.69, 9.17) is 0 Å². The van der Waals surface area contributed by atoms with Gasteiger partial charge in [0.05, 0.1) is 0 Å². The Kier molecular flexibility index (Phi) is 5.40. The maximum Gasteiger partial charge on any atom is 0.0243 e. The van der Waals surface area contributed by atoms with E-state index in [-0.39, 0.29) is 0 Å². The highest BCUT2D eigenvalue weighted by molar-refractivity contribution is 4.72. The van der Waals surface area contributed by atoms with Crippen molar-refractivity contribution < 1.29 is 0 Å². The van der Waals surface area contributed by atoms with E-state index in [1.165, 1.54) is 51.5 Å². The van der Waals surface area contributed by atoms with Crippen molar-refractivity contribution in [3.05, 3.63) is 0 Å². The summed E-state index contributed by atoms with van der Waals surface area (Å²) >= 11 is 0. The Morgan fingerprint density at radius 3 is 2.46 bits per heavy atom. The summed E-state index contributed by atoms with van der Waals surface area (Å²) in [6, 6.07) is 0.810. The summed E-state index contributed by atoms with van der Waals surface area (Å²) in [5.74, 6) is 0. The molecule has 0 amide bonds. The number of hydrogen-bond donors (Lipinski definition) is 1. The third-order valence-corrected chi connectivity index (χ3v) is 3.06. The molecule has 1 aliphatic carbocycles. The molecule has 78 valence electrons. The molecule has 2 nitrogen and oxygen atoms in total. The predicted octanol–water partition coefficient (Wildman–Crippen LogP) is 2.56. The van der Waals surface area contributed by atoms with Crippen molar-refractivity contribution in [1.82, 2.24) is 10.4 Å². The molecule has 0 saturated heterocycles. The van der Waals surface area contributed by atoms with Gasteiger partial charge >= 0.3 is 0 Å². The van der Waals surface area contributed by atoms with Gasteiger partial charge in [0.2, 0.25) is 0 Å². The molecule has 0 aromatic carbocycles. The van der Waals surface area contributed by atoms with Crippen molar-refractivity contribution in [1.29, 1.82) is 0 Å². The lowest BCUT2D eigenvalue weighted by atomic mass is 9.95. The van der Waals surface area contributed by atoms with Crippen LogP contribution in [0.1, 0.15) is 51.9 Å². The summed E-state index contributed by atoms with van der Waals surface area (Å²) in [5, 5.41) is 2.45. The highest BCUT2D eigenvalue weighted by Crippen LogP contribution is 2.21. The topological polar surface area (TPSA) is 15.3 Å². The molecule has 0 aromatic heterocycles. The first-order chi connectivity index (χ1) is 6.38. The van der Waals surface area contributed by atoms with Gasteiger partial charge < -0.3 is 0 Å². The van der Waals surface area contributed by atoms with Gasteiger partial charge in [0.15, 0.2) is 0 Å². The molecule has 1 rings (SSSR count). The highest BCUT2D eigenvalue weighted by atomic mass is 15.5. The lowest BCUT2D eigenvalue weighted by molar-refractivity contribution is 0.106. The SMILES string of the molecule is CCCCN(NC)C1CCCCC1. The number of unbranched alkanes of at least 4 members (excludes halogenated alkanes) is 1. The molecule has 1 saturated carbocycles. The molecule has 2 heteroatoms. The molecular formula is C11H24N2. The third-order valence-electron chi connectivity index (χ3n) is 3.06. The molecule has 0 spiro atoms. The van der Waals surface area contributed by atoms with Crippen LogP contribution in [0, 0.1) is 0 Å². The van der Waals surface area contributed by atoms with Crippen LogP contribution in [0.15, 0.2) is 0 Å². The zero-order valence-electron chi connectivity index (χ0n) is 9.18. The van der Waals surface area contributed by atoms with E-state index in [9.17, 15) is 0 Å². The third kappa shape index (κ3) is 3.65. The Bertz CT molecular complexity index is 119. The molecule has 0 radical (unpaired) electrons. The molecule has 0 atom stereocenters. The van der Waals surface area contributed by atoms with Gasteiger partial charge in [-0.05, 0) is 26.3 Å². The average Bonchev–Trinajstić information content (AvgIpc) is 2.21. The van der Waals surface area contributed by atoms with Crippen molar-refractivity contribution in [2.24, 2.45) is 0 Å². The van der Waals surface area contributed by atoms with E-state index in [2.05, 4.69) is 24.4 Å². The second-order valence-corrected chi connectivity index (χ2v) is 4.06. The van der Waals surface area contributed by atoms with Crippen LogP contribution in [-0.4, -0.2) is 24.6 Å². The lowest BCUT2D eigenvalue weighted by Crippen LogP contribution is -2.45. The standard InChI is InChI=1S/C11H24N2/c1-3-4-10-13(12-2)11-8-6-5-7-9-11/h11-12H,3-10H2,1-2H3. The summed E-state index contributed by atoms with van der Waals surface area (Å²) in [7, 11) is 2.06. The lowest BCUT2D eigenvalue weighted by Gasteiger charge is -2.33. The van der Waals surface area contributed by atoms with E-state index in [0.717, 1.165) is 6.04 Å². The minimum Gasteiger partial charge on any atom is -0.258 e. The van der Waals surface area contributed by atoms with E-state index < -0.39 is 0 Å². The molecule has 0 aliphatic heterocycles. The molecule has 13 heavy (non-hydrogen) atoms. The Morgan fingerprint density at radius 2 is 1.92 bits per heavy atom. The maximum absolute atomic E-state index is 3.34. The van der Waals surface area contributed by atoms with Crippen LogP contribution in [0.5, 0.6) is 0 Å². The first-order valence-electron chi connectivity index (χ1n) is 5.82. The Balaban J connectivity index is 2.26. The zero-order valence-corrected chi connectivity index (χ0v) is 9.18. The van der Waals surface area contributed by atoms with Gasteiger partial charge in [0, 0.05) is 12.6 Å². The first kappa shape index (κ1) is 11.0. The minimum atomic E-state index is 0.810. The van der Waals surface area contributed by atoms with Crippen LogP contribution in [0.2, 0.25) is 0 Å². The molecule has 1 N–H and O–H groups in total. The fourth-order valence-corrected chi connectivity index (χ4v) is 2.20. The predicted molar refractivity (Wildman–Crippen MR) is 57.5 cm³/mol. The van der Waals surface area contributed by atoms with Crippen molar-refractivity contribution in [3.8, 4) is 0 Å². The fourth-order valence-electron chi connectivity index (χ4n) is 2.20. The van der Waals surface area contributed by atoms with Crippen LogP contribution >= 0.6 is 0 Å². The van der Waals surface area contributed by atoms with Gasteiger partial charge in [-0.3, -0.25) is 5.43 Å². The summed E-state index contributed by atoms with van der Waals surface area (Å²) in [4.78, 5) is 0. The van der Waals surface area contributed by atoms with Gasteiger partial charge in [0.25, 0.3) is 0 Å². The number of hydrogen-bond acceptors (Lipinski definition) is 2. The molecule has 0 bridgehead atoms. The summed E-state index contributed by atoms with van der Waals surface area (Å²) in [6.07, 6.45) is 9.70. The molecule has 0 unspecified atom stereocenters. The number of nitrogens with zero attached hydrogens (tertiary/aromatic N) is 1. The minimum absolute atomic E-state index is 0.810. The van der Waals surface area contributed by atoms with Crippen molar-refractivity contribution >= 4 is 0 Å². The van der Waals surface area contributed by atoms with Crippen LogP contribution < -0.4 is 5.43 Å². The van der Waals surface area contributed by atoms with Crippen LogP contribution in [0.25, 0.3) is 0 Å². The second kappa shape index (κ2) is 6.39. The van der Waals surface area contributed by atoms with Gasteiger partial charge in [-0.1, -0.05) is 32.6 Å². The van der Waals surface area contributed by atoms with E-state index >= 15 is 0 Å². The van der Waals surface area contributed by atoms with Gasteiger partial charge in [-0.25, -0.2) is 5.01 Å². The molecule has 0 heterocycles. The first-order valence-corrected chi connectivity index (χ1v) is 5.82.